The Hall–Kier alpha value is -1.43. The van der Waals surface area contributed by atoms with Crippen LogP contribution >= 0.6 is 0 Å². The van der Waals surface area contributed by atoms with Crippen molar-refractivity contribution < 1.29 is 14.4 Å². The molecule has 0 radical (unpaired) electrons. The molecule has 2 aliphatic heterocycles. The number of nitrogens with one attached hydrogen (secondary N) is 2. The van der Waals surface area contributed by atoms with Crippen molar-refractivity contribution in [3.63, 3.8) is 0 Å². The van der Waals surface area contributed by atoms with Crippen LogP contribution in [0.4, 0.5) is 0 Å². The van der Waals surface area contributed by atoms with Crippen LogP contribution in [0.1, 0.15) is 33.1 Å². The van der Waals surface area contributed by atoms with Gasteiger partial charge in [-0.05, 0) is 33.2 Å². The molecule has 6 heteroatoms. The zero-order valence-corrected chi connectivity index (χ0v) is 10.8. The molecule has 0 saturated carbocycles. The Morgan fingerprint density at radius 3 is 2.67 bits per heavy atom. The third-order valence-corrected chi connectivity index (χ3v) is 3.66. The molecule has 0 aromatic heterocycles. The lowest BCUT2D eigenvalue weighted by atomic mass is 9.95. The minimum atomic E-state index is -0.968. The maximum absolute atomic E-state index is 12.4. The Balaban J connectivity index is 2.16. The molecule has 6 nitrogen and oxygen atoms in total. The van der Waals surface area contributed by atoms with Crippen molar-refractivity contribution in [2.24, 2.45) is 0 Å². The van der Waals surface area contributed by atoms with E-state index in [2.05, 4.69) is 10.6 Å². The van der Waals surface area contributed by atoms with E-state index in [0.29, 0.717) is 0 Å². The fourth-order valence-electron chi connectivity index (χ4n) is 2.39. The first-order valence-corrected chi connectivity index (χ1v) is 6.32. The molecule has 2 N–H and O–H groups in total. The van der Waals surface area contributed by atoms with Gasteiger partial charge in [0.25, 0.3) is 5.91 Å². The first-order valence-electron chi connectivity index (χ1n) is 6.32. The summed E-state index contributed by atoms with van der Waals surface area (Å²) >= 11 is 0. The number of hydrogen-bond acceptors (Lipinski definition) is 4. The van der Waals surface area contributed by atoms with Crippen LogP contribution in [-0.4, -0.2) is 47.3 Å². The molecule has 100 valence electrons. The van der Waals surface area contributed by atoms with Gasteiger partial charge in [0.2, 0.25) is 11.8 Å². The number of piperazine rings is 1. The molecule has 3 amide bonds. The number of rotatable bonds is 1. The van der Waals surface area contributed by atoms with E-state index in [9.17, 15) is 14.4 Å². The van der Waals surface area contributed by atoms with Crippen molar-refractivity contribution in [1.82, 2.24) is 15.5 Å². The second-order valence-electron chi connectivity index (χ2n) is 5.36. The Kier molecular flexibility index (Phi) is 3.38. The fourth-order valence-corrected chi connectivity index (χ4v) is 2.39. The monoisotopic (exact) mass is 253 g/mol. The molecule has 2 heterocycles. The Morgan fingerprint density at radius 1 is 1.33 bits per heavy atom. The normalized spacial score (nSPS) is 27.9. The van der Waals surface area contributed by atoms with Crippen LogP contribution in [0.15, 0.2) is 0 Å². The van der Waals surface area contributed by atoms with Crippen molar-refractivity contribution in [1.29, 1.82) is 0 Å². The topological polar surface area (TPSA) is 78.5 Å². The maximum Gasteiger partial charge on any atom is 0.252 e. The quantitative estimate of drug-likeness (QED) is 0.611. The van der Waals surface area contributed by atoms with Gasteiger partial charge in [0.1, 0.15) is 12.1 Å². The van der Waals surface area contributed by atoms with E-state index >= 15 is 0 Å². The van der Waals surface area contributed by atoms with E-state index in [0.717, 1.165) is 25.8 Å². The van der Waals surface area contributed by atoms with Crippen LogP contribution in [0.2, 0.25) is 0 Å². The SMILES string of the molecule is CC1(C)C(=O)NC(=O)CN1C(=O)[C@H]1CCCCN1. The Morgan fingerprint density at radius 2 is 2.06 bits per heavy atom. The highest BCUT2D eigenvalue weighted by atomic mass is 16.2. The molecule has 2 saturated heterocycles. The lowest BCUT2D eigenvalue weighted by Crippen LogP contribution is -2.68. The molecule has 0 aliphatic carbocycles. The van der Waals surface area contributed by atoms with Gasteiger partial charge in [0, 0.05) is 0 Å². The second kappa shape index (κ2) is 4.68. The van der Waals surface area contributed by atoms with Crippen LogP contribution in [0, 0.1) is 0 Å². The summed E-state index contributed by atoms with van der Waals surface area (Å²) in [5.74, 6) is -0.978. The predicted molar refractivity (Wildman–Crippen MR) is 64.6 cm³/mol. The lowest BCUT2D eigenvalue weighted by Gasteiger charge is -2.42. The summed E-state index contributed by atoms with van der Waals surface area (Å²) in [7, 11) is 0. The summed E-state index contributed by atoms with van der Waals surface area (Å²) in [4.78, 5) is 37.0. The molecule has 0 bridgehead atoms. The molecular formula is C12H19N3O3. The van der Waals surface area contributed by atoms with Crippen molar-refractivity contribution in [3.8, 4) is 0 Å². The molecule has 2 fully saturated rings. The number of imide groups is 1. The standard InChI is InChI=1S/C12H19N3O3/c1-12(2)11(18)14-9(16)7-15(12)10(17)8-5-3-4-6-13-8/h8,13H,3-7H2,1-2H3,(H,14,16,18)/t8-/m1/s1. The Labute approximate surface area is 106 Å². The Bertz CT molecular complexity index is 386. The van der Waals surface area contributed by atoms with Gasteiger partial charge in [0.05, 0.1) is 6.04 Å². The minimum Gasteiger partial charge on any atom is -0.318 e. The maximum atomic E-state index is 12.4. The van der Waals surface area contributed by atoms with Crippen LogP contribution in [0.3, 0.4) is 0 Å². The third-order valence-electron chi connectivity index (χ3n) is 3.66. The van der Waals surface area contributed by atoms with E-state index < -0.39 is 17.4 Å². The van der Waals surface area contributed by atoms with Crippen LogP contribution in [-0.2, 0) is 14.4 Å². The second-order valence-corrected chi connectivity index (χ2v) is 5.36. The number of carbonyl (C=O) groups is 3. The summed E-state index contributed by atoms with van der Waals surface area (Å²) in [6.07, 6.45) is 2.83. The van der Waals surface area contributed by atoms with Crippen molar-refractivity contribution in [2.45, 2.75) is 44.7 Å². The number of piperidine rings is 1. The van der Waals surface area contributed by atoms with Crippen LogP contribution < -0.4 is 10.6 Å². The average molecular weight is 253 g/mol. The van der Waals surface area contributed by atoms with Gasteiger partial charge in [-0.25, -0.2) is 0 Å². The van der Waals surface area contributed by atoms with E-state index in [4.69, 9.17) is 0 Å². The van der Waals surface area contributed by atoms with E-state index in [1.165, 1.54) is 4.90 Å². The fraction of sp³-hybridized carbons (Fsp3) is 0.750. The lowest BCUT2D eigenvalue weighted by molar-refractivity contribution is -0.156. The molecule has 0 unspecified atom stereocenters. The highest BCUT2D eigenvalue weighted by Crippen LogP contribution is 2.21. The van der Waals surface area contributed by atoms with Crippen LogP contribution in [0.25, 0.3) is 0 Å². The molecule has 2 rings (SSSR count). The van der Waals surface area contributed by atoms with Gasteiger partial charge in [-0.15, -0.1) is 0 Å². The predicted octanol–water partition coefficient (Wildman–Crippen LogP) is -0.608. The first kappa shape index (κ1) is 13.0. The van der Waals surface area contributed by atoms with E-state index in [1.807, 2.05) is 0 Å². The molecule has 0 aromatic carbocycles. The highest BCUT2D eigenvalue weighted by Gasteiger charge is 2.45. The molecule has 0 aromatic rings. The van der Waals surface area contributed by atoms with Gasteiger partial charge in [0.15, 0.2) is 0 Å². The third kappa shape index (κ3) is 2.25. The van der Waals surface area contributed by atoms with Crippen molar-refractivity contribution >= 4 is 17.7 Å². The molecule has 18 heavy (non-hydrogen) atoms. The smallest absolute Gasteiger partial charge is 0.252 e. The van der Waals surface area contributed by atoms with Crippen LogP contribution in [0.5, 0.6) is 0 Å². The minimum absolute atomic E-state index is 0.0459. The van der Waals surface area contributed by atoms with Gasteiger partial charge >= 0.3 is 0 Å². The van der Waals surface area contributed by atoms with E-state index in [1.54, 1.807) is 13.8 Å². The molecule has 2 aliphatic rings. The van der Waals surface area contributed by atoms with Gasteiger partial charge in [-0.3, -0.25) is 19.7 Å². The zero-order valence-electron chi connectivity index (χ0n) is 10.8. The number of nitrogens with zero attached hydrogens (tertiary/aromatic N) is 1. The van der Waals surface area contributed by atoms with Gasteiger partial charge < -0.3 is 10.2 Å². The van der Waals surface area contributed by atoms with Gasteiger partial charge in [-0.1, -0.05) is 6.42 Å². The number of hydrogen-bond donors (Lipinski definition) is 2. The highest BCUT2D eigenvalue weighted by molar-refractivity contribution is 6.06. The summed E-state index contributed by atoms with van der Waals surface area (Å²) < 4.78 is 0. The van der Waals surface area contributed by atoms with E-state index in [-0.39, 0.29) is 18.5 Å². The largest absolute Gasteiger partial charge is 0.318 e. The number of carbonyl (C=O) groups excluding carboxylic acids is 3. The molecule has 1 atom stereocenters. The van der Waals surface area contributed by atoms with Crippen molar-refractivity contribution in [3.05, 3.63) is 0 Å². The number of amides is 3. The van der Waals surface area contributed by atoms with Gasteiger partial charge in [-0.2, -0.15) is 0 Å². The summed E-state index contributed by atoms with van der Waals surface area (Å²) in [5.41, 5.74) is -0.968. The summed E-state index contributed by atoms with van der Waals surface area (Å²) in [6, 6.07) is -0.267. The first-order chi connectivity index (χ1) is 8.43. The zero-order chi connectivity index (χ0) is 13.3. The average Bonchev–Trinajstić information content (AvgIpc) is 2.34. The molecular weight excluding hydrogens is 234 g/mol. The summed E-state index contributed by atoms with van der Waals surface area (Å²) in [6.45, 7) is 4.09. The van der Waals surface area contributed by atoms with Crippen molar-refractivity contribution in [2.75, 3.05) is 13.1 Å². The molecule has 0 spiro atoms. The summed E-state index contributed by atoms with van der Waals surface area (Å²) in [5, 5.41) is 5.41.